The van der Waals surface area contributed by atoms with E-state index in [1.54, 1.807) is 0 Å². The van der Waals surface area contributed by atoms with Gasteiger partial charge in [0, 0.05) is 5.41 Å². The number of benzene rings is 1. The van der Waals surface area contributed by atoms with Crippen molar-refractivity contribution in [3.05, 3.63) is 35.2 Å². The summed E-state index contributed by atoms with van der Waals surface area (Å²) in [6.07, 6.45) is 1.20. The number of hydrogen-bond acceptors (Lipinski definition) is 6. The molecule has 21 heavy (non-hydrogen) atoms. The van der Waals surface area contributed by atoms with Crippen LogP contribution in [0.4, 0.5) is 0 Å². The van der Waals surface area contributed by atoms with Crippen LogP contribution in [-0.2, 0) is 19.9 Å². The summed E-state index contributed by atoms with van der Waals surface area (Å²) in [5.74, 6) is -2.44. The summed E-state index contributed by atoms with van der Waals surface area (Å²) in [4.78, 5) is 10.5. The summed E-state index contributed by atoms with van der Waals surface area (Å²) in [5.41, 5.74) is -0.563. The first-order valence-corrected chi connectivity index (χ1v) is 8.80. The number of aromatic carboxylic acids is 1. The van der Waals surface area contributed by atoms with E-state index in [2.05, 4.69) is 4.72 Å². The number of hydrogen-bond donors (Lipinski definition) is 3. The van der Waals surface area contributed by atoms with Crippen LogP contribution in [0.5, 0.6) is 5.75 Å². The smallest absolute Gasteiger partial charge is 0.339 e. The first kappa shape index (κ1) is 15.5. The molecule has 1 aliphatic rings. The molecule has 1 unspecified atom stereocenters. The maximum absolute atomic E-state index is 12.1. The van der Waals surface area contributed by atoms with Crippen molar-refractivity contribution in [3.8, 4) is 5.75 Å². The van der Waals surface area contributed by atoms with Crippen molar-refractivity contribution < 1.29 is 31.8 Å². The van der Waals surface area contributed by atoms with Gasteiger partial charge in [0.2, 0.25) is 10.0 Å². The van der Waals surface area contributed by atoms with E-state index in [1.165, 1.54) is 6.08 Å². The fraction of sp³-hybridized carbons (Fsp3) is 0.182. The molecule has 0 aliphatic carbocycles. The van der Waals surface area contributed by atoms with Crippen LogP contribution in [0.2, 0.25) is 0 Å². The molecule has 1 aromatic carbocycles. The van der Waals surface area contributed by atoms with Crippen molar-refractivity contribution in [3.63, 3.8) is 0 Å². The van der Waals surface area contributed by atoms with Gasteiger partial charge in [-0.05, 0) is 18.2 Å². The molecule has 0 aromatic heterocycles. The lowest BCUT2D eigenvalue weighted by molar-refractivity contribution is 0.0693. The zero-order chi connectivity index (χ0) is 15.8. The Bertz CT molecular complexity index is 824. The Kier molecular flexibility index (Phi) is 3.78. The average Bonchev–Trinajstić information content (AvgIpc) is 2.67. The molecule has 0 amide bonds. The average molecular weight is 333 g/mol. The second-order valence-corrected chi connectivity index (χ2v) is 8.02. The first-order valence-electron chi connectivity index (χ1n) is 5.60. The van der Waals surface area contributed by atoms with E-state index in [-0.39, 0.29) is 4.90 Å². The Morgan fingerprint density at radius 1 is 1.33 bits per heavy atom. The third kappa shape index (κ3) is 3.40. The summed E-state index contributed by atoms with van der Waals surface area (Å²) in [5, 5.41) is 19.1. The lowest BCUT2D eigenvalue weighted by atomic mass is 10.2. The highest BCUT2D eigenvalue weighted by Crippen LogP contribution is 2.22. The predicted octanol–water partition coefficient (Wildman–Crippen LogP) is -0.321. The molecule has 0 saturated carbocycles. The van der Waals surface area contributed by atoms with Crippen molar-refractivity contribution in [2.24, 2.45) is 0 Å². The molecule has 0 spiro atoms. The summed E-state index contributed by atoms with van der Waals surface area (Å²) in [6.45, 7) is 0. The van der Waals surface area contributed by atoms with Gasteiger partial charge in [0.05, 0.1) is 16.7 Å². The molecule has 1 atom stereocenters. The van der Waals surface area contributed by atoms with Crippen LogP contribution < -0.4 is 4.72 Å². The van der Waals surface area contributed by atoms with Gasteiger partial charge in [-0.15, -0.1) is 0 Å². The molecule has 0 bridgehead atoms. The monoisotopic (exact) mass is 333 g/mol. The molecule has 114 valence electrons. The zero-order valence-electron chi connectivity index (χ0n) is 10.4. The van der Waals surface area contributed by atoms with Crippen LogP contribution in [0.15, 0.2) is 34.6 Å². The number of rotatable bonds is 4. The number of nitrogens with one attached hydrogen (secondary N) is 1. The van der Waals surface area contributed by atoms with E-state index in [0.717, 1.165) is 23.6 Å². The maximum Gasteiger partial charge on any atom is 0.339 e. The van der Waals surface area contributed by atoms with Gasteiger partial charge in [-0.2, -0.15) is 0 Å². The molecular formula is C11H11NO7S2. The SMILES string of the molecule is O=C(O)c1cc(S(=O)(=O)NC2C=CS(=O)(=O)C2)ccc1O. The van der Waals surface area contributed by atoms with Gasteiger partial charge in [-0.3, -0.25) is 0 Å². The Balaban J connectivity index is 2.31. The van der Waals surface area contributed by atoms with Gasteiger partial charge in [0.15, 0.2) is 9.84 Å². The lowest BCUT2D eigenvalue weighted by Crippen LogP contribution is -2.35. The fourth-order valence-corrected chi connectivity index (χ4v) is 4.33. The standard InChI is InChI=1S/C11H11NO7S2/c13-10-2-1-8(5-9(10)11(14)15)21(18,19)12-7-3-4-20(16,17)6-7/h1-5,7,12-13H,6H2,(H,14,15). The van der Waals surface area contributed by atoms with Gasteiger partial charge in [0.25, 0.3) is 0 Å². The third-order valence-electron chi connectivity index (χ3n) is 2.75. The Morgan fingerprint density at radius 3 is 2.52 bits per heavy atom. The van der Waals surface area contributed by atoms with Gasteiger partial charge in [-0.25, -0.2) is 26.4 Å². The number of carboxylic acids is 1. The fourth-order valence-electron chi connectivity index (χ4n) is 1.77. The van der Waals surface area contributed by atoms with Crippen LogP contribution in [0, 0.1) is 0 Å². The summed E-state index contributed by atoms with van der Waals surface area (Å²) >= 11 is 0. The molecule has 1 heterocycles. The zero-order valence-corrected chi connectivity index (χ0v) is 12.1. The molecule has 0 saturated heterocycles. The van der Waals surface area contributed by atoms with Crippen molar-refractivity contribution in [2.45, 2.75) is 10.9 Å². The van der Waals surface area contributed by atoms with E-state index in [9.17, 15) is 26.7 Å². The highest BCUT2D eigenvalue weighted by molar-refractivity contribution is 7.94. The Labute approximate surface area is 120 Å². The highest BCUT2D eigenvalue weighted by Gasteiger charge is 2.27. The van der Waals surface area contributed by atoms with E-state index in [4.69, 9.17) is 5.11 Å². The van der Waals surface area contributed by atoms with Crippen molar-refractivity contribution in [2.75, 3.05) is 5.75 Å². The van der Waals surface area contributed by atoms with Gasteiger partial charge >= 0.3 is 5.97 Å². The van der Waals surface area contributed by atoms with Gasteiger partial charge in [0.1, 0.15) is 11.3 Å². The van der Waals surface area contributed by atoms with Crippen molar-refractivity contribution in [1.82, 2.24) is 4.72 Å². The van der Waals surface area contributed by atoms with E-state index in [1.807, 2.05) is 0 Å². The molecule has 0 radical (unpaired) electrons. The Hall–Kier alpha value is -1.91. The third-order valence-corrected chi connectivity index (χ3v) is 5.63. The lowest BCUT2D eigenvalue weighted by Gasteiger charge is -2.11. The molecule has 1 aliphatic heterocycles. The molecule has 3 N–H and O–H groups in total. The quantitative estimate of drug-likeness (QED) is 0.686. The van der Waals surface area contributed by atoms with E-state index in [0.29, 0.717) is 0 Å². The van der Waals surface area contributed by atoms with E-state index < -0.39 is 48.9 Å². The second kappa shape index (κ2) is 5.13. The number of carboxylic acid groups (broad SMARTS) is 1. The minimum atomic E-state index is -4.11. The summed E-state index contributed by atoms with van der Waals surface area (Å²) in [7, 11) is -7.53. The predicted molar refractivity (Wildman–Crippen MR) is 72.1 cm³/mol. The van der Waals surface area contributed by atoms with Crippen LogP contribution in [0.25, 0.3) is 0 Å². The number of sulfonamides is 1. The first-order chi connectivity index (χ1) is 9.61. The molecule has 0 fully saturated rings. The number of aromatic hydroxyl groups is 1. The normalized spacial score (nSPS) is 20.5. The topological polar surface area (TPSA) is 138 Å². The van der Waals surface area contributed by atoms with Crippen LogP contribution in [0.1, 0.15) is 10.4 Å². The van der Waals surface area contributed by atoms with Crippen molar-refractivity contribution >= 4 is 25.8 Å². The Morgan fingerprint density at radius 2 is 2.00 bits per heavy atom. The van der Waals surface area contributed by atoms with Gasteiger partial charge < -0.3 is 10.2 Å². The van der Waals surface area contributed by atoms with Crippen molar-refractivity contribution in [1.29, 1.82) is 0 Å². The molecular weight excluding hydrogens is 322 g/mol. The minimum absolute atomic E-state index is 0.379. The van der Waals surface area contributed by atoms with Crippen LogP contribution in [0.3, 0.4) is 0 Å². The molecule has 2 rings (SSSR count). The van der Waals surface area contributed by atoms with Crippen LogP contribution in [-0.4, -0.2) is 44.8 Å². The summed E-state index contributed by atoms with van der Waals surface area (Å²) < 4.78 is 48.7. The maximum atomic E-state index is 12.1. The molecule has 8 nitrogen and oxygen atoms in total. The number of phenols is 1. The highest BCUT2D eigenvalue weighted by atomic mass is 32.2. The van der Waals surface area contributed by atoms with Crippen LogP contribution >= 0.6 is 0 Å². The second-order valence-electron chi connectivity index (χ2n) is 4.37. The number of sulfone groups is 1. The molecule has 1 aromatic rings. The van der Waals surface area contributed by atoms with Gasteiger partial charge in [-0.1, -0.05) is 6.08 Å². The summed E-state index contributed by atoms with van der Waals surface area (Å²) in [6, 6.07) is 1.85. The molecule has 10 heteroatoms. The van der Waals surface area contributed by atoms with E-state index >= 15 is 0 Å². The largest absolute Gasteiger partial charge is 0.507 e. The number of carbonyl (C=O) groups is 1. The minimum Gasteiger partial charge on any atom is -0.507 e.